The van der Waals surface area contributed by atoms with Crippen molar-refractivity contribution in [3.05, 3.63) is 68.3 Å². The third-order valence-electron chi connectivity index (χ3n) is 6.41. The molecule has 0 bridgehead atoms. The molecular formula is C26H25BrClNO5. The van der Waals surface area contributed by atoms with Crippen LogP contribution in [0.15, 0.2) is 57.1 Å². The van der Waals surface area contributed by atoms with E-state index >= 15 is 0 Å². The lowest BCUT2D eigenvalue weighted by molar-refractivity contribution is -0.136. The first-order valence-electron chi connectivity index (χ1n) is 11.0. The number of Topliss-reactive ketones (excluding diaryl/α,β-unsaturated/α-hetero) is 1. The van der Waals surface area contributed by atoms with Crippen LogP contribution < -0.4 is 4.74 Å². The van der Waals surface area contributed by atoms with Crippen molar-refractivity contribution in [2.45, 2.75) is 38.5 Å². The van der Waals surface area contributed by atoms with E-state index in [1.807, 2.05) is 31.2 Å². The molecule has 0 spiro atoms. The van der Waals surface area contributed by atoms with E-state index in [0.717, 1.165) is 11.3 Å². The van der Waals surface area contributed by atoms with Gasteiger partial charge in [0.05, 0.1) is 29.7 Å². The lowest BCUT2D eigenvalue weighted by atomic mass is 9.66. The van der Waals surface area contributed by atoms with Crippen LogP contribution in [0.25, 0.3) is 0 Å². The quantitative estimate of drug-likeness (QED) is 0.468. The van der Waals surface area contributed by atoms with Gasteiger partial charge >= 0.3 is 5.97 Å². The number of hydrogen-bond donors (Lipinski definition) is 1. The maximum Gasteiger partial charge on any atom is 0.336 e. The van der Waals surface area contributed by atoms with E-state index in [1.54, 1.807) is 19.1 Å². The molecule has 1 heterocycles. The highest BCUT2D eigenvalue weighted by Gasteiger charge is 2.46. The summed E-state index contributed by atoms with van der Waals surface area (Å²) in [6.07, 6.45) is 0.921. The van der Waals surface area contributed by atoms with Gasteiger partial charge < -0.3 is 14.6 Å². The fourth-order valence-corrected chi connectivity index (χ4v) is 5.51. The second-order valence-electron chi connectivity index (χ2n) is 8.45. The SMILES string of the molecule is CCOc1cc([C@@H]2C(C(=O)OC)=C(C)N=C3C[C@H](c4ccc(Cl)cc4)CC(=O)C32)cc(Br)c1O. The predicted molar refractivity (Wildman–Crippen MR) is 134 cm³/mol. The Morgan fingerprint density at radius 3 is 2.53 bits per heavy atom. The smallest absolute Gasteiger partial charge is 0.336 e. The number of rotatable bonds is 5. The molecule has 3 atom stereocenters. The molecule has 1 fully saturated rings. The van der Waals surface area contributed by atoms with Crippen LogP contribution in [0.5, 0.6) is 11.5 Å². The summed E-state index contributed by atoms with van der Waals surface area (Å²) in [5.41, 5.74) is 3.31. The van der Waals surface area contributed by atoms with Gasteiger partial charge in [0.1, 0.15) is 5.78 Å². The normalized spacial score (nSPS) is 22.2. The van der Waals surface area contributed by atoms with Crippen molar-refractivity contribution in [1.82, 2.24) is 0 Å². The Hall–Kier alpha value is -2.64. The highest BCUT2D eigenvalue weighted by Crippen LogP contribution is 2.48. The van der Waals surface area contributed by atoms with Crippen LogP contribution >= 0.6 is 27.5 Å². The van der Waals surface area contributed by atoms with Gasteiger partial charge in [-0.1, -0.05) is 23.7 Å². The van der Waals surface area contributed by atoms with Crippen LogP contribution in [0.3, 0.4) is 0 Å². The van der Waals surface area contributed by atoms with Crippen molar-refractivity contribution in [2.24, 2.45) is 10.9 Å². The van der Waals surface area contributed by atoms with E-state index in [9.17, 15) is 14.7 Å². The molecule has 1 N–H and O–H groups in total. The number of esters is 1. The average molecular weight is 547 g/mol. The number of phenols is 1. The van der Waals surface area contributed by atoms with Gasteiger partial charge in [-0.2, -0.15) is 0 Å². The molecule has 1 aliphatic carbocycles. The van der Waals surface area contributed by atoms with Crippen molar-refractivity contribution in [3.63, 3.8) is 0 Å². The molecule has 2 aromatic carbocycles. The Kier molecular flexibility index (Phi) is 7.14. The number of aromatic hydroxyl groups is 1. The van der Waals surface area contributed by atoms with Gasteiger partial charge in [0.15, 0.2) is 11.5 Å². The van der Waals surface area contributed by atoms with Gasteiger partial charge in [0.25, 0.3) is 0 Å². The third kappa shape index (κ3) is 4.51. The monoisotopic (exact) mass is 545 g/mol. The van der Waals surface area contributed by atoms with E-state index in [-0.39, 0.29) is 23.2 Å². The number of aliphatic imine (C=N–C) groups is 1. The second kappa shape index (κ2) is 9.92. The summed E-state index contributed by atoms with van der Waals surface area (Å²) >= 11 is 9.43. The molecule has 4 rings (SSSR count). The lowest BCUT2D eigenvalue weighted by Gasteiger charge is -2.38. The number of allylic oxidation sites excluding steroid dienone is 1. The molecule has 0 amide bonds. The van der Waals surface area contributed by atoms with Crippen molar-refractivity contribution in [1.29, 1.82) is 0 Å². The molecule has 8 heteroatoms. The number of carbonyl (C=O) groups excluding carboxylic acids is 2. The summed E-state index contributed by atoms with van der Waals surface area (Å²) in [4.78, 5) is 31.2. The second-order valence-corrected chi connectivity index (χ2v) is 9.75. The third-order valence-corrected chi connectivity index (χ3v) is 7.27. The maximum absolute atomic E-state index is 13.6. The van der Waals surface area contributed by atoms with E-state index in [0.29, 0.717) is 45.8 Å². The molecule has 2 aromatic rings. The zero-order chi connectivity index (χ0) is 24.6. The van der Waals surface area contributed by atoms with Crippen LogP contribution in [0.4, 0.5) is 0 Å². The number of benzene rings is 2. The summed E-state index contributed by atoms with van der Waals surface area (Å²) in [7, 11) is 1.32. The molecule has 1 aliphatic heterocycles. The minimum Gasteiger partial charge on any atom is -0.503 e. The standard InChI is InChI=1S/C26H25BrClNO5/c1-4-34-21-12-16(9-18(27)25(21)31)23-22(26(32)33-3)13(2)29-19-10-15(11-20(30)24(19)23)14-5-7-17(28)8-6-14/h5-9,12,15,23-24,31H,4,10-11H2,1-3H3/t15-,23+,24?/m0/s1. The van der Waals surface area contributed by atoms with Gasteiger partial charge in [-0.05, 0) is 77.5 Å². The zero-order valence-corrected chi connectivity index (χ0v) is 21.4. The summed E-state index contributed by atoms with van der Waals surface area (Å²) in [6.45, 7) is 3.93. The van der Waals surface area contributed by atoms with E-state index in [2.05, 4.69) is 15.9 Å². The van der Waals surface area contributed by atoms with Crippen LogP contribution in [-0.2, 0) is 14.3 Å². The first-order valence-corrected chi connectivity index (χ1v) is 12.2. The zero-order valence-electron chi connectivity index (χ0n) is 19.1. The van der Waals surface area contributed by atoms with Crippen LogP contribution in [0, 0.1) is 5.92 Å². The molecule has 0 aromatic heterocycles. The number of carbonyl (C=O) groups is 2. The van der Waals surface area contributed by atoms with Crippen molar-refractivity contribution >= 4 is 45.0 Å². The number of halogens is 2. The topological polar surface area (TPSA) is 85.2 Å². The molecule has 0 radical (unpaired) electrons. The Labute approximate surface area is 211 Å². The molecule has 0 saturated heterocycles. The molecular weight excluding hydrogens is 522 g/mol. The minimum atomic E-state index is -0.604. The van der Waals surface area contributed by atoms with E-state index in [4.69, 9.17) is 26.1 Å². The van der Waals surface area contributed by atoms with Crippen molar-refractivity contribution in [2.75, 3.05) is 13.7 Å². The molecule has 2 aliphatic rings. The largest absolute Gasteiger partial charge is 0.503 e. The number of fused-ring (bicyclic) bond motifs is 1. The number of nitrogens with zero attached hydrogens (tertiary/aromatic N) is 1. The lowest BCUT2D eigenvalue weighted by Crippen LogP contribution is -2.41. The van der Waals surface area contributed by atoms with Crippen molar-refractivity contribution in [3.8, 4) is 11.5 Å². The Morgan fingerprint density at radius 1 is 1.18 bits per heavy atom. The number of hydrogen-bond acceptors (Lipinski definition) is 6. The number of methoxy groups -OCH3 is 1. The highest BCUT2D eigenvalue weighted by molar-refractivity contribution is 9.10. The van der Waals surface area contributed by atoms with Crippen LogP contribution in [0.1, 0.15) is 49.7 Å². The van der Waals surface area contributed by atoms with Gasteiger partial charge in [-0.15, -0.1) is 0 Å². The Balaban J connectivity index is 1.82. The summed E-state index contributed by atoms with van der Waals surface area (Å²) in [5.74, 6) is -1.50. The minimum absolute atomic E-state index is 0.00557. The fourth-order valence-electron chi connectivity index (χ4n) is 4.92. The van der Waals surface area contributed by atoms with Crippen LogP contribution in [-0.4, -0.2) is 36.3 Å². The van der Waals surface area contributed by atoms with Gasteiger partial charge in [0, 0.05) is 28.8 Å². The highest BCUT2D eigenvalue weighted by atomic mass is 79.9. The average Bonchev–Trinajstić information content (AvgIpc) is 2.81. The molecule has 1 saturated carbocycles. The first kappa shape index (κ1) is 24.5. The van der Waals surface area contributed by atoms with Gasteiger partial charge in [0.2, 0.25) is 0 Å². The van der Waals surface area contributed by atoms with Crippen LogP contribution in [0.2, 0.25) is 5.02 Å². The van der Waals surface area contributed by atoms with Gasteiger partial charge in [-0.25, -0.2) is 4.79 Å². The van der Waals surface area contributed by atoms with E-state index in [1.165, 1.54) is 7.11 Å². The molecule has 34 heavy (non-hydrogen) atoms. The van der Waals surface area contributed by atoms with Crippen molar-refractivity contribution < 1.29 is 24.2 Å². The number of phenolic OH excluding ortho intramolecular Hbond substituents is 1. The Morgan fingerprint density at radius 2 is 1.88 bits per heavy atom. The molecule has 178 valence electrons. The van der Waals surface area contributed by atoms with E-state index < -0.39 is 17.8 Å². The predicted octanol–water partition coefficient (Wildman–Crippen LogP) is 5.95. The van der Waals surface area contributed by atoms with Gasteiger partial charge in [-0.3, -0.25) is 9.79 Å². The summed E-state index contributed by atoms with van der Waals surface area (Å²) in [6, 6.07) is 10.9. The number of ketones is 1. The molecule has 1 unspecified atom stereocenters. The Bertz CT molecular complexity index is 1200. The molecule has 6 nitrogen and oxygen atoms in total. The maximum atomic E-state index is 13.6. The number of ether oxygens (including phenoxy) is 2. The summed E-state index contributed by atoms with van der Waals surface area (Å²) in [5, 5.41) is 11.1. The summed E-state index contributed by atoms with van der Waals surface area (Å²) < 4.78 is 11.1. The first-order chi connectivity index (χ1) is 16.2. The fraction of sp³-hybridized carbons (Fsp3) is 0.346.